The predicted octanol–water partition coefficient (Wildman–Crippen LogP) is 3.62. The van der Waals surface area contributed by atoms with Crippen molar-refractivity contribution in [2.45, 2.75) is 59.4 Å². The fraction of sp³-hybridized carbons (Fsp3) is 0.444. The molecule has 2 aromatic rings. The number of benzene rings is 2. The quantitative estimate of drug-likeness (QED) is 0.172. The second kappa shape index (κ2) is 11.5. The van der Waals surface area contributed by atoms with Crippen molar-refractivity contribution in [2.24, 2.45) is 11.3 Å². The van der Waals surface area contributed by atoms with E-state index in [1.165, 1.54) is 6.07 Å². The molecule has 0 aromatic heterocycles. The third kappa shape index (κ3) is 7.52. The Bertz CT molecular complexity index is 1140. The largest absolute Gasteiger partial charge is 0.493 e. The van der Waals surface area contributed by atoms with Gasteiger partial charge < -0.3 is 15.4 Å². The average molecular weight is 499 g/mol. The molecular formula is C27H35FN4O4. The third-order valence-corrected chi connectivity index (χ3v) is 5.80. The first kappa shape index (κ1) is 27.1. The highest BCUT2D eigenvalue weighted by molar-refractivity contribution is 5.98. The Morgan fingerprint density at radius 3 is 2.42 bits per heavy atom. The minimum atomic E-state index is -0.508. The molecule has 3 rings (SSSR count). The van der Waals surface area contributed by atoms with Crippen molar-refractivity contribution in [3.05, 3.63) is 52.8 Å². The first-order valence-electron chi connectivity index (χ1n) is 12.1. The van der Waals surface area contributed by atoms with Gasteiger partial charge in [-0.15, -0.1) is 0 Å². The molecule has 3 amide bonds. The summed E-state index contributed by atoms with van der Waals surface area (Å²) in [5.41, 5.74) is 3.99. The van der Waals surface area contributed by atoms with E-state index < -0.39 is 5.82 Å². The molecule has 0 saturated heterocycles. The highest BCUT2D eigenvalue weighted by Crippen LogP contribution is 2.35. The van der Waals surface area contributed by atoms with Gasteiger partial charge in [0, 0.05) is 35.7 Å². The number of hydrazine groups is 1. The zero-order valence-corrected chi connectivity index (χ0v) is 21.3. The Morgan fingerprint density at radius 1 is 1.06 bits per heavy atom. The lowest BCUT2D eigenvalue weighted by molar-refractivity contribution is -0.121. The van der Waals surface area contributed by atoms with E-state index in [4.69, 9.17) is 10.6 Å². The van der Waals surface area contributed by atoms with Crippen LogP contribution in [0.15, 0.2) is 30.3 Å². The van der Waals surface area contributed by atoms with Crippen LogP contribution < -0.4 is 26.6 Å². The van der Waals surface area contributed by atoms with E-state index in [0.29, 0.717) is 41.0 Å². The van der Waals surface area contributed by atoms with Crippen LogP contribution in [0.3, 0.4) is 0 Å². The topological polar surface area (TPSA) is 123 Å². The molecule has 0 unspecified atom stereocenters. The third-order valence-electron chi connectivity index (χ3n) is 5.80. The summed E-state index contributed by atoms with van der Waals surface area (Å²) >= 11 is 0. The Hall–Kier alpha value is -3.46. The van der Waals surface area contributed by atoms with Gasteiger partial charge in [-0.2, -0.15) is 0 Å². The Kier molecular flexibility index (Phi) is 8.68. The van der Waals surface area contributed by atoms with Gasteiger partial charge in [-0.25, -0.2) is 10.2 Å². The van der Waals surface area contributed by atoms with Gasteiger partial charge in [0.05, 0.1) is 6.61 Å². The van der Waals surface area contributed by atoms with Gasteiger partial charge in [-0.05, 0) is 73.1 Å². The molecule has 1 aliphatic rings. The van der Waals surface area contributed by atoms with Gasteiger partial charge in [0.1, 0.15) is 11.6 Å². The number of ether oxygens (including phenoxy) is 1. The lowest BCUT2D eigenvalue weighted by Crippen LogP contribution is -2.32. The molecule has 0 radical (unpaired) electrons. The highest BCUT2D eigenvalue weighted by Gasteiger charge is 2.25. The number of hydrogen-bond acceptors (Lipinski definition) is 5. The summed E-state index contributed by atoms with van der Waals surface area (Å²) in [7, 11) is 0. The lowest BCUT2D eigenvalue weighted by atomic mass is 9.95. The molecule has 2 aromatic carbocycles. The van der Waals surface area contributed by atoms with Crippen LogP contribution in [-0.4, -0.2) is 36.9 Å². The number of hydrogen-bond donors (Lipinski definition) is 4. The van der Waals surface area contributed by atoms with Gasteiger partial charge in [-0.1, -0.05) is 20.8 Å². The molecule has 1 aliphatic carbocycles. The van der Waals surface area contributed by atoms with Crippen molar-refractivity contribution in [1.82, 2.24) is 16.1 Å². The van der Waals surface area contributed by atoms with E-state index in [2.05, 4.69) is 16.1 Å². The summed E-state index contributed by atoms with van der Waals surface area (Å²) in [6.07, 6.45) is 2.40. The molecule has 194 valence electrons. The van der Waals surface area contributed by atoms with Crippen molar-refractivity contribution in [3.8, 4) is 16.9 Å². The minimum Gasteiger partial charge on any atom is -0.493 e. The number of amides is 3. The molecule has 0 atom stereocenters. The first-order valence-corrected chi connectivity index (χ1v) is 12.1. The normalized spacial score (nSPS) is 13.2. The molecule has 9 heteroatoms. The first-order chi connectivity index (χ1) is 17.0. The Balaban J connectivity index is 1.94. The van der Waals surface area contributed by atoms with Crippen molar-refractivity contribution in [1.29, 1.82) is 0 Å². The standard InChI is InChI=1S/C27H35FN4O4/c1-16-21(12-18(13-22(16)28)26(35)31-19-8-9-19)20-10-7-17(25(34)30-15-27(2,3)4)14-23(20)36-11-5-6-24(33)32-29/h7,10,12-14,19H,5-6,8-9,11,15,29H2,1-4H3,(H,30,34)(H,31,35)(H,32,33). The fourth-order valence-corrected chi connectivity index (χ4v) is 3.53. The van der Waals surface area contributed by atoms with Crippen molar-refractivity contribution >= 4 is 17.7 Å². The van der Waals surface area contributed by atoms with E-state index in [-0.39, 0.29) is 47.8 Å². The molecule has 0 aliphatic heterocycles. The van der Waals surface area contributed by atoms with Gasteiger partial charge in [0.2, 0.25) is 5.91 Å². The summed E-state index contributed by atoms with van der Waals surface area (Å²) in [6, 6.07) is 7.95. The Labute approximate surface area is 211 Å². The number of carbonyl (C=O) groups excluding carboxylic acids is 3. The number of rotatable bonds is 10. The summed E-state index contributed by atoms with van der Waals surface area (Å²) in [6.45, 7) is 8.36. The van der Waals surface area contributed by atoms with E-state index in [0.717, 1.165) is 12.8 Å². The second-order valence-electron chi connectivity index (χ2n) is 10.4. The van der Waals surface area contributed by atoms with Crippen molar-refractivity contribution in [3.63, 3.8) is 0 Å². The molecule has 1 fully saturated rings. The Morgan fingerprint density at radius 2 is 1.78 bits per heavy atom. The SMILES string of the molecule is Cc1c(F)cc(C(=O)NC2CC2)cc1-c1ccc(C(=O)NCC(C)(C)C)cc1OCCCC(=O)NN. The second-order valence-corrected chi connectivity index (χ2v) is 10.4. The van der Waals surface area contributed by atoms with Crippen LogP contribution in [0.1, 0.15) is 72.7 Å². The zero-order chi connectivity index (χ0) is 26.5. The van der Waals surface area contributed by atoms with E-state index >= 15 is 0 Å². The highest BCUT2D eigenvalue weighted by atomic mass is 19.1. The molecule has 1 saturated carbocycles. The lowest BCUT2D eigenvalue weighted by Gasteiger charge is -2.19. The molecule has 0 bridgehead atoms. The van der Waals surface area contributed by atoms with E-state index in [1.54, 1.807) is 31.2 Å². The van der Waals surface area contributed by atoms with Gasteiger partial charge in [0.25, 0.3) is 11.8 Å². The number of carbonyl (C=O) groups is 3. The smallest absolute Gasteiger partial charge is 0.251 e. The summed E-state index contributed by atoms with van der Waals surface area (Å²) in [4.78, 5) is 36.8. The monoisotopic (exact) mass is 498 g/mol. The van der Waals surface area contributed by atoms with Crippen LogP contribution in [0.5, 0.6) is 5.75 Å². The van der Waals surface area contributed by atoms with E-state index in [9.17, 15) is 18.8 Å². The van der Waals surface area contributed by atoms with Gasteiger partial charge >= 0.3 is 0 Å². The van der Waals surface area contributed by atoms with Crippen LogP contribution in [0.25, 0.3) is 11.1 Å². The minimum absolute atomic E-state index is 0.0887. The van der Waals surface area contributed by atoms with Crippen molar-refractivity contribution < 1.29 is 23.5 Å². The van der Waals surface area contributed by atoms with Crippen LogP contribution in [-0.2, 0) is 4.79 Å². The maximum Gasteiger partial charge on any atom is 0.251 e. The van der Waals surface area contributed by atoms with Crippen LogP contribution in [0, 0.1) is 18.2 Å². The number of nitrogens with two attached hydrogens (primary N) is 1. The summed E-state index contributed by atoms with van der Waals surface area (Å²) in [5.74, 6) is 4.07. The molecule has 5 N–H and O–H groups in total. The fourth-order valence-electron chi connectivity index (χ4n) is 3.53. The molecule has 36 heavy (non-hydrogen) atoms. The number of nitrogens with one attached hydrogen (secondary N) is 3. The molecule has 8 nitrogen and oxygen atoms in total. The van der Waals surface area contributed by atoms with Gasteiger partial charge in [-0.3, -0.25) is 19.8 Å². The summed E-state index contributed by atoms with van der Waals surface area (Å²) in [5, 5.41) is 5.79. The van der Waals surface area contributed by atoms with Crippen molar-refractivity contribution in [2.75, 3.05) is 13.2 Å². The average Bonchev–Trinajstić information content (AvgIpc) is 3.65. The van der Waals surface area contributed by atoms with Gasteiger partial charge in [0.15, 0.2) is 0 Å². The van der Waals surface area contributed by atoms with Crippen LogP contribution in [0.4, 0.5) is 4.39 Å². The predicted molar refractivity (Wildman–Crippen MR) is 136 cm³/mol. The maximum atomic E-state index is 14.9. The molecular weight excluding hydrogens is 463 g/mol. The van der Waals surface area contributed by atoms with E-state index in [1.807, 2.05) is 20.8 Å². The van der Waals surface area contributed by atoms with Crippen LogP contribution in [0.2, 0.25) is 0 Å². The zero-order valence-electron chi connectivity index (χ0n) is 21.3. The van der Waals surface area contributed by atoms with Crippen LogP contribution >= 0.6 is 0 Å². The molecule has 0 spiro atoms. The number of halogens is 1. The summed E-state index contributed by atoms with van der Waals surface area (Å²) < 4.78 is 20.9. The maximum absolute atomic E-state index is 14.9. The molecule has 0 heterocycles.